The number of likely N-dealkylation sites (tertiary alicyclic amines) is 1. The van der Waals surface area contributed by atoms with Gasteiger partial charge in [0.25, 0.3) is 0 Å². The van der Waals surface area contributed by atoms with Crippen LogP contribution in [0.2, 0.25) is 0 Å². The van der Waals surface area contributed by atoms with Gasteiger partial charge in [0.2, 0.25) is 11.7 Å². The van der Waals surface area contributed by atoms with Crippen LogP contribution in [0.25, 0.3) is 0 Å². The molecule has 6 rings (SSSR count). The second-order valence-electron chi connectivity index (χ2n) is 11.4. The van der Waals surface area contributed by atoms with Crippen LogP contribution in [0.3, 0.4) is 0 Å². The lowest BCUT2D eigenvalue weighted by molar-refractivity contribution is -0.279. The van der Waals surface area contributed by atoms with Crippen LogP contribution in [0.5, 0.6) is 5.75 Å². The number of rotatable bonds is 8. The molecule has 1 saturated heterocycles. The molecule has 1 N–H and O–H groups in total. The van der Waals surface area contributed by atoms with E-state index in [1.165, 1.54) is 6.42 Å². The lowest BCUT2D eigenvalue weighted by Gasteiger charge is -2.53. The molecule has 0 unspecified atom stereocenters. The van der Waals surface area contributed by atoms with Gasteiger partial charge in [0, 0.05) is 18.4 Å². The van der Waals surface area contributed by atoms with Crippen LogP contribution < -0.4 is 4.74 Å². The fraction of sp³-hybridized carbons (Fsp3) is 0.533. The van der Waals surface area contributed by atoms with Gasteiger partial charge >= 0.3 is 6.18 Å². The first-order valence-corrected chi connectivity index (χ1v) is 13.9. The molecule has 0 bridgehead atoms. The van der Waals surface area contributed by atoms with Crippen LogP contribution in [-0.2, 0) is 31.3 Å². The van der Waals surface area contributed by atoms with E-state index in [4.69, 9.17) is 9.26 Å². The molecular formula is C30H34F3N3O3. The zero-order chi connectivity index (χ0) is 27.1. The number of benzene rings is 2. The number of ether oxygens (including phenoxy) is 1. The highest BCUT2D eigenvalue weighted by Crippen LogP contribution is 2.57. The van der Waals surface area contributed by atoms with Crippen molar-refractivity contribution < 1.29 is 27.5 Å². The molecule has 9 heteroatoms. The topological polar surface area (TPSA) is 71.6 Å². The normalized spacial score (nSPS) is 26.9. The summed E-state index contributed by atoms with van der Waals surface area (Å²) in [5.41, 5.74) is 0.170. The van der Waals surface area contributed by atoms with Crippen molar-refractivity contribution in [2.75, 3.05) is 19.6 Å². The fourth-order valence-corrected chi connectivity index (χ4v) is 6.76. The van der Waals surface area contributed by atoms with Crippen molar-refractivity contribution in [2.45, 2.75) is 75.2 Å². The number of alkyl halides is 3. The number of hydrogen-bond acceptors (Lipinski definition) is 6. The highest BCUT2D eigenvalue weighted by Gasteiger charge is 2.61. The van der Waals surface area contributed by atoms with Gasteiger partial charge in [-0.05, 0) is 92.8 Å². The predicted octanol–water partition coefficient (Wildman–Crippen LogP) is 5.42. The van der Waals surface area contributed by atoms with Crippen LogP contribution >= 0.6 is 0 Å². The predicted molar refractivity (Wildman–Crippen MR) is 138 cm³/mol. The number of aryl methyl sites for hydroxylation is 1. The Balaban J connectivity index is 1.20. The number of hydrogen-bond donors (Lipinski definition) is 1. The highest BCUT2D eigenvalue weighted by atomic mass is 19.4. The van der Waals surface area contributed by atoms with Crippen LogP contribution in [0.1, 0.15) is 60.5 Å². The van der Waals surface area contributed by atoms with Gasteiger partial charge in [0.15, 0.2) is 12.2 Å². The van der Waals surface area contributed by atoms with Crippen molar-refractivity contribution >= 4 is 0 Å². The number of aliphatic hydroxyl groups is 1. The molecule has 2 aromatic carbocycles. The van der Waals surface area contributed by atoms with Gasteiger partial charge in [-0.25, -0.2) is 0 Å². The molecule has 3 aliphatic rings. The molecule has 6 nitrogen and oxygen atoms in total. The Hall–Kier alpha value is -2.91. The van der Waals surface area contributed by atoms with Crippen molar-refractivity contribution in [3.63, 3.8) is 0 Å². The van der Waals surface area contributed by atoms with Crippen LogP contribution in [0.4, 0.5) is 13.2 Å². The van der Waals surface area contributed by atoms with Crippen molar-refractivity contribution in [3.8, 4) is 5.75 Å². The summed E-state index contributed by atoms with van der Waals surface area (Å²) in [5.74, 6) is 1.50. The van der Waals surface area contributed by atoms with Gasteiger partial charge in [0.1, 0.15) is 5.75 Å². The molecule has 0 spiro atoms. The number of aromatic nitrogens is 2. The maximum absolute atomic E-state index is 13.8. The van der Waals surface area contributed by atoms with Crippen LogP contribution in [-0.4, -0.2) is 51.6 Å². The minimum atomic E-state index is -4.63. The molecular weight excluding hydrogens is 507 g/mol. The van der Waals surface area contributed by atoms with Gasteiger partial charge in [0.05, 0.1) is 0 Å². The average Bonchev–Trinajstić information content (AvgIpc) is 3.34. The van der Waals surface area contributed by atoms with E-state index in [-0.39, 0.29) is 31.8 Å². The first-order valence-electron chi connectivity index (χ1n) is 13.9. The summed E-state index contributed by atoms with van der Waals surface area (Å²) in [6.07, 6.45) is -1.07. The van der Waals surface area contributed by atoms with Gasteiger partial charge in [-0.15, -0.1) is 0 Å². The van der Waals surface area contributed by atoms with Crippen molar-refractivity contribution in [3.05, 3.63) is 76.9 Å². The highest BCUT2D eigenvalue weighted by molar-refractivity contribution is 5.45. The zero-order valence-corrected chi connectivity index (χ0v) is 21.9. The standard InChI is InChI=1S/C30H34F3N3O3/c31-30(32,33)29(37)13-12-28(18-21-5-2-1-3-6-21)23(19-29)8-7-22-17-24(9-10-25(22)28)38-20-26-34-27(39-35-26)11-16-36-14-4-15-36/h1-3,5-6,9-10,17,23,37H,4,7-8,11-16,18-20H2/t23-,28+,29-/m1/s1. The zero-order valence-electron chi connectivity index (χ0n) is 21.9. The molecule has 1 saturated carbocycles. The van der Waals surface area contributed by atoms with Crippen molar-refractivity contribution in [1.82, 2.24) is 15.0 Å². The molecule has 1 aromatic heterocycles. The third kappa shape index (κ3) is 5.18. The third-order valence-corrected chi connectivity index (χ3v) is 9.08. The van der Waals surface area contributed by atoms with Gasteiger partial charge in [-0.3, -0.25) is 0 Å². The van der Waals surface area contributed by atoms with Gasteiger partial charge in [-0.1, -0.05) is 41.6 Å². The van der Waals surface area contributed by atoms with Gasteiger partial charge in [-0.2, -0.15) is 18.2 Å². The lowest BCUT2D eigenvalue weighted by atomic mass is 9.52. The minimum Gasteiger partial charge on any atom is -0.485 e. The lowest BCUT2D eigenvalue weighted by Crippen LogP contribution is -2.56. The largest absolute Gasteiger partial charge is 0.485 e. The Bertz CT molecular complexity index is 1290. The molecule has 2 heterocycles. The molecule has 2 fully saturated rings. The van der Waals surface area contributed by atoms with E-state index in [2.05, 4.69) is 15.0 Å². The second-order valence-corrected chi connectivity index (χ2v) is 11.4. The summed E-state index contributed by atoms with van der Waals surface area (Å²) >= 11 is 0. The Morgan fingerprint density at radius 3 is 2.67 bits per heavy atom. The SMILES string of the molecule is O[C@]1(C(F)(F)F)CC[C@@]2(Cc3ccccc3)c3ccc(OCc4noc(CCN5CCC5)n4)cc3CC[C@@H]2C1. The van der Waals surface area contributed by atoms with E-state index in [0.717, 1.165) is 42.7 Å². The van der Waals surface area contributed by atoms with Crippen LogP contribution in [0, 0.1) is 5.92 Å². The van der Waals surface area contributed by atoms with E-state index in [1.807, 2.05) is 48.5 Å². The molecule has 0 amide bonds. The average molecular weight is 542 g/mol. The monoisotopic (exact) mass is 541 g/mol. The summed E-state index contributed by atoms with van der Waals surface area (Å²) in [5, 5.41) is 14.6. The molecule has 39 heavy (non-hydrogen) atoms. The van der Waals surface area contributed by atoms with Crippen molar-refractivity contribution in [1.29, 1.82) is 0 Å². The maximum Gasteiger partial charge on any atom is 0.417 e. The molecule has 3 atom stereocenters. The molecule has 208 valence electrons. The number of nitrogens with zero attached hydrogens (tertiary/aromatic N) is 3. The van der Waals surface area contributed by atoms with E-state index < -0.39 is 17.2 Å². The second kappa shape index (κ2) is 10.2. The summed E-state index contributed by atoms with van der Waals surface area (Å²) in [6, 6.07) is 15.9. The molecule has 1 aliphatic heterocycles. The van der Waals surface area contributed by atoms with Crippen molar-refractivity contribution in [2.24, 2.45) is 5.92 Å². The van der Waals surface area contributed by atoms with E-state index in [9.17, 15) is 18.3 Å². The van der Waals surface area contributed by atoms with Gasteiger partial charge < -0.3 is 19.3 Å². The molecule has 0 radical (unpaired) electrons. The third-order valence-electron chi connectivity index (χ3n) is 9.08. The summed E-state index contributed by atoms with van der Waals surface area (Å²) in [7, 11) is 0. The first kappa shape index (κ1) is 26.3. The van der Waals surface area contributed by atoms with E-state index in [1.54, 1.807) is 0 Å². The Kier molecular flexibility index (Phi) is 6.91. The quantitative estimate of drug-likeness (QED) is 0.411. The number of halogens is 3. The summed E-state index contributed by atoms with van der Waals surface area (Å²) in [4.78, 5) is 6.79. The van der Waals surface area contributed by atoms with Crippen LogP contribution in [0.15, 0.2) is 53.1 Å². The minimum absolute atomic E-state index is 0.183. The number of fused-ring (bicyclic) bond motifs is 3. The summed E-state index contributed by atoms with van der Waals surface area (Å²) in [6.45, 7) is 3.35. The first-order chi connectivity index (χ1) is 18.7. The smallest absolute Gasteiger partial charge is 0.417 e. The maximum atomic E-state index is 13.8. The molecule has 2 aliphatic carbocycles. The van der Waals surface area contributed by atoms with E-state index in [0.29, 0.717) is 36.7 Å². The fourth-order valence-electron chi connectivity index (χ4n) is 6.76. The Morgan fingerprint density at radius 2 is 1.92 bits per heavy atom. The molecule has 3 aromatic rings. The Morgan fingerprint density at radius 1 is 1.10 bits per heavy atom. The summed E-state index contributed by atoms with van der Waals surface area (Å²) < 4.78 is 52.8. The van der Waals surface area contributed by atoms with E-state index >= 15 is 0 Å². The Labute approximate surface area is 226 Å².